The average molecular weight is 311 g/mol. The third kappa shape index (κ3) is 2.92. The monoisotopic (exact) mass is 310 g/mol. The zero-order valence-electron chi connectivity index (χ0n) is 9.24. The van der Waals surface area contributed by atoms with E-state index in [-0.39, 0.29) is 5.91 Å². The number of nitrogens with one attached hydrogen (secondary N) is 1. The summed E-state index contributed by atoms with van der Waals surface area (Å²) >= 11 is 4.85. The number of pyridine rings is 1. The molecule has 0 unspecified atom stereocenters. The quantitative estimate of drug-likeness (QED) is 0.938. The lowest BCUT2D eigenvalue weighted by atomic mass is 10.3. The molecule has 0 spiro atoms. The molecular weight excluding hydrogens is 300 g/mol. The van der Waals surface area contributed by atoms with Crippen LogP contribution >= 0.6 is 27.3 Å². The van der Waals surface area contributed by atoms with E-state index < -0.39 is 0 Å². The van der Waals surface area contributed by atoms with E-state index in [0.29, 0.717) is 10.7 Å². The number of anilines is 1. The van der Waals surface area contributed by atoms with Crippen LogP contribution in [-0.4, -0.2) is 10.9 Å². The van der Waals surface area contributed by atoms with Gasteiger partial charge in [0.15, 0.2) is 0 Å². The Morgan fingerprint density at radius 2 is 2.29 bits per heavy atom. The number of carbonyl (C=O) groups excluding carboxylic acids is 1. The standard InChI is InChI=1S/C12H11BrN2OS/c1-2-8-5-6-10(17-8)12(16)15-11-9(13)4-3-7-14-11/h3-7H,2H2,1H3,(H,14,15,16). The van der Waals surface area contributed by atoms with Crippen molar-refractivity contribution < 1.29 is 4.79 Å². The number of hydrogen-bond donors (Lipinski definition) is 1. The Balaban J connectivity index is 2.14. The van der Waals surface area contributed by atoms with Gasteiger partial charge in [-0.3, -0.25) is 4.79 Å². The minimum Gasteiger partial charge on any atom is -0.305 e. The molecule has 3 nitrogen and oxygen atoms in total. The smallest absolute Gasteiger partial charge is 0.266 e. The zero-order chi connectivity index (χ0) is 12.3. The second-order valence-corrected chi connectivity index (χ2v) is 5.43. The maximum Gasteiger partial charge on any atom is 0.266 e. The average Bonchev–Trinajstić information content (AvgIpc) is 2.81. The second kappa shape index (κ2) is 5.42. The van der Waals surface area contributed by atoms with Crippen LogP contribution in [0.3, 0.4) is 0 Å². The van der Waals surface area contributed by atoms with Gasteiger partial charge in [-0.15, -0.1) is 11.3 Å². The van der Waals surface area contributed by atoms with Gasteiger partial charge in [0, 0.05) is 11.1 Å². The van der Waals surface area contributed by atoms with E-state index in [1.54, 1.807) is 12.3 Å². The normalized spacial score (nSPS) is 10.2. The molecule has 0 saturated heterocycles. The molecule has 2 rings (SSSR count). The zero-order valence-corrected chi connectivity index (χ0v) is 11.6. The van der Waals surface area contributed by atoms with Crippen molar-refractivity contribution in [2.75, 3.05) is 5.32 Å². The minimum atomic E-state index is -0.117. The molecule has 1 amide bonds. The molecule has 0 aliphatic heterocycles. The largest absolute Gasteiger partial charge is 0.305 e. The van der Waals surface area contributed by atoms with E-state index in [1.807, 2.05) is 18.2 Å². The molecule has 1 N–H and O–H groups in total. The summed E-state index contributed by atoms with van der Waals surface area (Å²) in [5.41, 5.74) is 0. The van der Waals surface area contributed by atoms with Crippen molar-refractivity contribution >= 4 is 39.0 Å². The molecular formula is C12H11BrN2OS. The molecule has 0 bridgehead atoms. The van der Waals surface area contributed by atoms with E-state index in [2.05, 4.69) is 33.2 Å². The van der Waals surface area contributed by atoms with Gasteiger partial charge in [0.2, 0.25) is 0 Å². The van der Waals surface area contributed by atoms with Crippen LogP contribution in [0.1, 0.15) is 21.5 Å². The summed E-state index contributed by atoms with van der Waals surface area (Å²) in [6.45, 7) is 2.07. The number of thiophene rings is 1. The van der Waals surface area contributed by atoms with Gasteiger partial charge >= 0.3 is 0 Å². The van der Waals surface area contributed by atoms with Crippen LogP contribution in [0.4, 0.5) is 5.82 Å². The van der Waals surface area contributed by atoms with Gasteiger partial charge in [-0.1, -0.05) is 6.92 Å². The number of rotatable bonds is 3. The summed E-state index contributed by atoms with van der Waals surface area (Å²) in [5, 5.41) is 2.78. The van der Waals surface area contributed by atoms with Crippen LogP contribution in [0, 0.1) is 0 Å². The predicted molar refractivity (Wildman–Crippen MR) is 73.6 cm³/mol. The highest BCUT2D eigenvalue weighted by atomic mass is 79.9. The molecule has 17 heavy (non-hydrogen) atoms. The van der Waals surface area contributed by atoms with Gasteiger partial charge < -0.3 is 5.32 Å². The summed E-state index contributed by atoms with van der Waals surface area (Å²) < 4.78 is 0.778. The van der Waals surface area contributed by atoms with E-state index in [9.17, 15) is 4.79 Å². The van der Waals surface area contributed by atoms with Gasteiger partial charge in [-0.05, 0) is 46.6 Å². The molecule has 0 atom stereocenters. The first-order valence-corrected chi connectivity index (χ1v) is 6.82. The van der Waals surface area contributed by atoms with Crippen LogP contribution in [0.5, 0.6) is 0 Å². The van der Waals surface area contributed by atoms with Crippen LogP contribution in [0.15, 0.2) is 34.9 Å². The Labute approximate surface area is 112 Å². The SMILES string of the molecule is CCc1ccc(C(=O)Nc2ncccc2Br)s1. The first-order valence-electron chi connectivity index (χ1n) is 5.21. The summed E-state index contributed by atoms with van der Waals surface area (Å²) in [7, 11) is 0. The fraction of sp³-hybridized carbons (Fsp3) is 0.167. The van der Waals surface area contributed by atoms with Gasteiger partial charge in [0.05, 0.1) is 9.35 Å². The molecule has 0 aromatic carbocycles. The van der Waals surface area contributed by atoms with Gasteiger partial charge in [-0.2, -0.15) is 0 Å². The molecule has 2 aromatic rings. The lowest BCUT2D eigenvalue weighted by Gasteiger charge is -2.03. The summed E-state index contributed by atoms with van der Waals surface area (Å²) in [6.07, 6.45) is 2.59. The van der Waals surface area contributed by atoms with E-state index in [4.69, 9.17) is 0 Å². The Morgan fingerprint density at radius 1 is 1.47 bits per heavy atom. The lowest BCUT2D eigenvalue weighted by Crippen LogP contribution is -2.11. The first kappa shape index (κ1) is 12.3. The Kier molecular flexibility index (Phi) is 3.91. The molecule has 2 aromatic heterocycles. The Hall–Kier alpha value is -1.20. The van der Waals surface area contributed by atoms with Gasteiger partial charge in [-0.25, -0.2) is 4.98 Å². The number of halogens is 1. The second-order valence-electron chi connectivity index (χ2n) is 3.41. The van der Waals surface area contributed by atoms with Crippen LogP contribution in [0.2, 0.25) is 0 Å². The number of carbonyl (C=O) groups is 1. The van der Waals surface area contributed by atoms with Crippen LogP contribution in [0.25, 0.3) is 0 Å². The van der Waals surface area contributed by atoms with E-state index in [1.165, 1.54) is 16.2 Å². The molecule has 0 saturated carbocycles. The van der Waals surface area contributed by atoms with E-state index >= 15 is 0 Å². The summed E-state index contributed by atoms with van der Waals surface area (Å²) in [6, 6.07) is 7.47. The molecule has 0 aliphatic rings. The maximum absolute atomic E-state index is 11.9. The van der Waals surface area contributed by atoms with Crippen molar-refractivity contribution in [3.63, 3.8) is 0 Å². The van der Waals surface area contributed by atoms with Crippen molar-refractivity contribution in [3.8, 4) is 0 Å². The molecule has 88 valence electrons. The highest BCUT2D eigenvalue weighted by Crippen LogP contribution is 2.21. The summed E-state index contributed by atoms with van der Waals surface area (Å²) in [5.74, 6) is 0.429. The maximum atomic E-state index is 11.9. The first-order chi connectivity index (χ1) is 8.20. The highest BCUT2D eigenvalue weighted by Gasteiger charge is 2.10. The fourth-order valence-electron chi connectivity index (χ4n) is 1.34. The number of aryl methyl sites for hydroxylation is 1. The number of amides is 1. The topological polar surface area (TPSA) is 42.0 Å². The van der Waals surface area contributed by atoms with Crippen molar-refractivity contribution in [1.29, 1.82) is 0 Å². The van der Waals surface area contributed by atoms with Crippen molar-refractivity contribution in [1.82, 2.24) is 4.98 Å². The molecule has 0 aliphatic carbocycles. The fourth-order valence-corrected chi connectivity index (χ4v) is 2.53. The van der Waals surface area contributed by atoms with Crippen LogP contribution < -0.4 is 5.32 Å². The van der Waals surface area contributed by atoms with Gasteiger partial charge in [0.25, 0.3) is 5.91 Å². The minimum absolute atomic E-state index is 0.117. The number of aromatic nitrogens is 1. The summed E-state index contributed by atoms with van der Waals surface area (Å²) in [4.78, 5) is 17.9. The third-order valence-electron chi connectivity index (χ3n) is 2.22. The van der Waals surface area contributed by atoms with Crippen LogP contribution in [-0.2, 0) is 6.42 Å². The molecule has 5 heteroatoms. The Bertz CT molecular complexity index is 539. The third-order valence-corrected chi connectivity index (χ3v) is 4.09. The van der Waals surface area contributed by atoms with Crippen molar-refractivity contribution in [3.05, 3.63) is 44.7 Å². The lowest BCUT2D eigenvalue weighted by molar-refractivity contribution is 0.103. The van der Waals surface area contributed by atoms with Crippen molar-refractivity contribution in [2.45, 2.75) is 13.3 Å². The van der Waals surface area contributed by atoms with Crippen molar-refractivity contribution in [2.24, 2.45) is 0 Å². The number of hydrogen-bond acceptors (Lipinski definition) is 3. The number of nitrogens with zero attached hydrogens (tertiary/aromatic N) is 1. The Morgan fingerprint density at radius 3 is 2.94 bits per heavy atom. The van der Waals surface area contributed by atoms with E-state index in [0.717, 1.165) is 10.9 Å². The highest BCUT2D eigenvalue weighted by molar-refractivity contribution is 9.10. The molecule has 0 radical (unpaired) electrons. The predicted octanol–water partition coefficient (Wildman–Crippen LogP) is 3.72. The molecule has 2 heterocycles. The molecule has 0 fully saturated rings. The van der Waals surface area contributed by atoms with Gasteiger partial charge in [0.1, 0.15) is 5.82 Å².